The molecule has 2 nitrogen and oxygen atoms in total. The SMILES string of the molecule is CC(=O)c1[nH]c(-c2ccccc2)c2ccccc12. The van der Waals surface area contributed by atoms with E-state index in [0.29, 0.717) is 5.69 Å². The third kappa shape index (κ3) is 1.63. The monoisotopic (exact) mass is 235 g/mol. The molecule has 2 heteroatoms. The highest BCUT2D eigenvalue weighted by molar-refractivity contribution is 6.10. The zero-order valence-electron chi connectivity index (χ0n) is 10.1. The summed E-state index contributed by atoms with van der Waals surface area (Å²) in [5, 5.41) is 2.08. The number of benzene rings is 2. The molecule has 0 amide bonds. The van der Waals surface area contributed by atoms with E-state index in [-0.39, 0.29) is 5.78 Å². The highest BCUT2D eigenvalue weighted by Gasteiger charge is 2.13. The van der Waals surface area contributed by atoms with Gasteiger partial charge in [-0.15, -0.1) is 0 Å². The summed E-state index contributed by atoms with van der Waals surface area (Å²) in [5.74, 6) is 0.0633. The fraction of sp³-hybridized carbons (Fsp3) is 0.0625. The Labute approximate surface area is 105 Å². The number of H-pyrrole nitrogens is 1. The summed E-state index contributed by atoms with van der Waals surface area (Å²) in [5.41, 5.74) is 2.79. The number of aromatic amines is 1. The Bertz CT molecular complexity index is 710. The molecule has 0 unspecified atom stereocenters. The minimum atomic E-state index is 0.0633. The maximum Gasteiger partial charge on any atom is 0.176 e. The molecule has 1 heterocycles. The Balaban J connectivity index is 2.34. The van der Waals surface area contributed by atoms with Crippen LogP contribution in [0.3, 0.4) is 0 Å². The smallest absolute Gasteiger partial charge is 0.176 e. The van der Waals surface area contributed by atoms with Gasteiger partial charge in [0.05, 0.1) is 11.4 Å². The van der Waals surface area contributed by atoms with Crippen LogP contribution < -0.4 is 0 Å². The second-order valence-electron chi connectivity index (χ2n) is 4.34. The molecule has 2 aromatic carbocycles. The van der Waals surface area contributed by atoms with Gasteiger partial charge in [-0.05, 0) is 5.56 Å². The minimum Gasteiger partial charge on any atom is -0.351 e. The van der Waals surface area contributed by atoms with E-state index in [1.165, 1.54) is 0 Å². The molecule has 0 saturated heterocycles. The molecule has 0 radical (unpaired) electrons. The maximum absolute atomic E-state index is 11.7. The molecule has 0 spiro atoms. The van der Waals surface area contributed by atoms with E-state index in [2.05, 4.69) is 4.98 Å². The van der Waals surface area contributed by atoms with Gasteiger partial charge in [0.2, 0.25) is 0 Å². The lowest BCUT2D eigenvalue weighted by Gasteiger charge is -1.98. The van der Waals surface area contributed by atoms with Crippen molar-refractivity contribution in [2.45, 2.75) is 6.92 Å². The molecule has 3 rings (SSSR count). The van der Waals surface area contributed by atoms with Crippen molar-refractivity contribution < 1.29 is 4.79 Å². The van der Waals surface area contributed by atoms with Crippen LogP contribution in [0.4, 0.5) is 0 Å². The van der Waals surface area contributed by atoms with Crippen LogP contribution >= 0.6 is 0 Å². The molecule has 0 bridgehead atoms. The number of fused-ring (bicyclic) bond motifs is 1. The number of rotatable bonds is 2. The molecule has 0 aliphatic rings. The first kappa shape index (κ1) is 10.8. The number of ketones is 1. The van der Waals surface area contributed by atoms with Crippen molar-refractivity contribution in [2.24, 2.45) is 0 Å². The molecule has 1 N–H and O–H groups in total. The molecule has 1 aromatic heterocycles. The Morgan fingerprint density at radius 3 is 2.17 bits per heavy atom. The summed E-state index contributed by atoms with van der Waals surface area (Å²) in [6.45, 7) is 1.59. The average molecular weight is 235 g/mol. The molecule has 18 heavy (non-hydrogen) atoms. The van der Waals surface area contributed by atoms with E-state index in [1.54, 1.807) is 6.92 Å². The van der Waals surface area contributed by atoms with E-state index in [1.807, 2.05) is 54.6 Å². The van der Waals surface area contributed by atoms with Crippen LogP contribution in [-0.4, -0.2) is 10.8 Å². The summed E-state index contributed by atoms with van der Waals surface area (Å²) >= 11 is 0. The van der Waals surface area contributed by atoms with Crippen molar-refractivity contribution in [3.05, 3.63) is 60.3 Å². The lowest BCUT2D eigenvalue weighted by atomic mass is 10.1. The summed E-state index contributed by atoms with van der Waals surface area (Å²) in [6, 6.07) is 18.0. The normalized spacial score (nSPS) is 10.7. The van der Waals surface area contributed by atoms with Gasteiger partial charge in [0.25, 0.3) is 0 Å². The van der Waals surface area contributed by atoms with Crippen molar-refractivity contribution in [3.8, 4) is 11.3 Å². The van der Waals surface area contributed by atoms with Gasteiger partial charge in [-0.2, -0.15) is 0 Å². The maximum atomic E-state index is 11.7. The molecule has 0 aliphatic carbocycles. The fourth-order valence-electron chi connectivity index (χ4n) is 2.29. The molecule has 0 fully saturated rings. The van der Waals surface area contributed by atoms with Crippen molar-refractivity contribution in [2.75, 3.05) is 0 Å². The van der Waals surface area contributed by atoms with Gasteiger partial charge in [0, 0.05) is 17.7 Å². The van der Waals surface area contributed by atoms with Gasteiger partial charge >= 0.3 is 0 Å². The number of carbonyl (C=O) groups is 1. The predicted molar refractivity (Wildman–Crippen MR) is 73.7 cm³/mol. The van der Waals surface area contributed by atoms with E-state index in [9.17, 15) is 4.79 Å². The number of hydrogen-bond acceptors (Lipinski definition) is 1. The molecule has 0 aliphatic heterocycles. The summed E-state index contributed by atoms with van der Waals surface area (Å²) in [7, 11) is 0. The van der Waals surface area contributed by atoms with Crippen molar-refractivity contribution in [1.29, 1.82) is 0 Å². The van der Waals surface area contributed by atoms with Crippen molar-refractivity contribution in [3.63, 3.8) is 0 Å². The van der Waals surface area contributed by atoms with E-state index >= 15 is 0 Å². The zero-order chi connectivity index (χ0) is 12.5. The molecule has 3 aromatic rings. The zero-order valence-corrected chi connectivity index (χ0v) is 10.1. The molecule has 0 atom stereocenters. The van der Waals surface area contributed by atoms with Crippen LogP contribution in [0.5, 0.6) is 0 Å². The van der Waals surface area contributed by atoms with Gasteiger partial charge in [0.1, 0.15) is 0 Å². The Kier molecular flexibility index (Phi) is 2.49. The molecule has 88 valence electrons. The first-order chi connectivity index (χ1) is 8.77. The second-order valence-corrected chi connectivity index (χ2v) is 4.34. The molecule has 0 saturated carbocycles. The topological polar surface area (TPSA) is 32.9 Å². The summed E-state index contributed by atoms with van der Waals surface area (Å²) < 4.78 is 0. The molecular formula is C16H13NO. The third-order valence-electron chi connectivity index (χ3n) is 3.13. The Morgan fingerprint density at radius 2 is 1.50 bits per heavy atom. The van der Waals surface area contributed by atoms with Crippen LogP contribution in [0, 0.1) is 0 Å². The van der Waals surface area contributed by atoms with Gasteiger partial charge in [-0.25, -0.2) is 0 Å². The number of hydrogen-bond donors (Lipinski definition) is 1. The highest BCUT2D eigenvalue weighted by atomic mass is 16.1. The summed E-state index contributed by atoms with van der Waals surface area (Å²) in [6.07, 6.45) is 0. The van der Waals surface area contributed by atoms with Crippen LogP contribution in [-0.2, 0) is 0 Å². The van der Waals surface area contributed by atoms with Crippen molar-refractivity contribution in [1.82, 2.24) is 4.98 Å². The first-order valence-electron chi connectivity index (χ1n) is 5.94. The van der Waals surface area contributed by atoms with Crippen LogP contribution in [0.25, 0.3) is 22.0 Å². The first-order valence-corrected chi connectivity index (χ1v) is 5.94. The quantitative estimate of drug-likeness (QED) is 0.668. The van der Waals surface area contributed by atoms with Gasteiger partial charge in [-0.3, -0.25) is 4.79 Å². The Hall–Kier alpha value is -2.35. The van der Waals surface area contributed by atoms with Crippen molar-refractivity contribution >= 4 is 16.6 Å². The lowest BCUT2D eigenvalue weighted by Crippen LogP contribution is -1.92. The number of aromatic nitrogens is 1. The average Bonchev–Trinajstić information content (AvgIpc) is 2.79. The lowest BCUT2D eigenvalue weighted by molar-refractivity contribution is 0.101. The van der Waals surface area contributed by atoms with E-state index < -0.39 is 0 Å². The van der Waals surface area contributed by atoms with E-state index in [4.69, 9.17) is 0 Å². The van der Waals surface area contributed by atoms with Crippen LogP contribution in [0.15, 0.2) is 54.6 Å². The standard InChI is InChI=1S/C16H13NO/c1-11(18)15-13-9-5-6-10-14(13)16(17-15)12-7-3-2-4-8-12/h2-10,17H,1H3. The fourth-order valence-corrected chi connectivity index (χ4v) is 2.29. The van der Waals surface area contributed by atoms with Gasteiger partial charge in [-0.1, -0.05) is 54.6 Å². The van der Waals surface area contributed by atoms with Gasteiger partial charge < -0.3 is 4.98 Å². The summed E-state index contributed by atoms with van der Waals surface area (Å²) in [4.78, 5) is 14.9. The largest absolute Gasteiger partial charge is 0.351 e. The van der Waals surface area contributed by atoms with Crippen LogP contribution in [0.2, 0.25) is 0 Å². The predicted octanol–water partition coefficient (Wildman–Crippen LogP) is 4.04. The highest BCUT2D eigenvalue weighted by Crippen LogP contribution is 2.30. The Morgan fingerprint density at radius 1 is 0.889 bits per heavy atom. The second kappa shape index (κ2) is 4.15. The number of nitrogens with one attached hydrogen (secondary N) is 1. The third-order valence-corrected chi connectivity index (χ3v) is 3.13. The number of carbonyl (C=O) groups excluding carboxylic acids is 1. The minimum absolute atomic E-state index is 0.0633. The molecular weight excluding hydrogens is 222 g/mol. The van der Waals surface area contributed by atoms with Crippen LogP contribution in [0.1, 0.15) is 17.4 Å². The number of Topliss-reactive ketones (excluding diaryl/α,β-unsaturated/α-hetero) is 1. The van der Waals surface area contributed by atoms with Gasteiger partial charge in [0.15, 0.2) is 5.78 Å². The van der Waals surface area contributed by atoms with E-state index in [0.717, 1.165) is 22.0 Å².